The van der Waals surface area contributed by atoms with Gasteiger partial charge in [0.2, 0.25) is 5.91 Å². The summed E-state index contributed by atoms with van der Waals surface area (Å²) in [6, 6.07) is 7.13. The predicted molar refractivity (Wildman–Crippen MR) is 93.3 cm³/mol. The maximum Gasteiger partial charge on any atom is 0.328 e. The highest BCUT2D eigenvalue weighted by atomic mass is 16.4. The summed E-state index contributed by atoms with van der Waals surface area (Å²) < 4.78 is 0. The molecule has 0 aromatic heterocycles. The Balaban J connectivity index is 2.14. The average molecular weight is 346 g/mol. The lowest BCUT2D eigenvalue weighted by atomic mass is 10.1. The van der Waals surface area contributed by atoms with E-state index in [-0.39, 0.29) is 18.0 Å². The van der Waals surface area contributed by atoms with Gasteiger partial charge in [-0.1, -0.05) is 18.2 Å². The van der Waals surface area contributed by atoms with Crippen molar-refractivity contribution in [1.82, 2.24) is 10.2 Å². The maximum absolute atomic E-state index is 12.4. The quantitative estimate of drug-likeness (QED) is 0.789. The largest absolute Gasteiger partial charge is 0.480 e. The van der Waals surface area contributed by atoms with E-state index in [1.54, 1.807) is 38.2 Å². The maximum atomic E-state index is 12.4. The zero-order valence-corrected chi connectivity index (χ0v) is 14.5. The van der Waals surface area contributed by atoms with Crippen molar-refractivity contribution in [3.63, 3.8) is 0 Å². The van der Waals surface area contributed by atoms with Crippen molar-refractivity contribution in [2.24, 2.45) is 5.10 Å². The number of rotatable bonds is 6. The molecule has 2 rings (SSSR count). The van der Waals surface area contributed by atoms with Crippen LogP contribution in [0.2, 0.25) is 0 Å². The molecule has 8 heteroatoms. The molecule has 2 atom stereocenters. The van der Waals surface area contributed by atoms with Crippen LogP contribution in [0.25, 0.3) is 0 Å². The summed E-state index contributed by atoms with van der Waals surface area (Å²) in [5, 5.41) is 17.5. The zero-order chi connectivity index (χ0) is 18.6. The molecule has 25 heavy (non-hydrogen) atoms. The Morgan fingerprint density at radius 2 is 2.00 bits per heavy atom. The summed E-state index contributed by atoms with van der Waals surface area (Å²) in [5.41, 5.74) is 0.683. The van der Waals surface area contributed by atoms with Gasteiger partial charge in [-0.05, 0) is 26.0 Å². The van der Waals surface area contributed by atoms with Crippen LogP contribution in [0.1, 0.15) is 20.3 Å². The van der Waals surface area contributed by atoms with E-state index in [4.69, 9.17) is 0 Å². The molecule has 1 aliphatic heterocycles. The predicted octanol–water partition coefficient (Wildman–Crippen LogP) is 0.689. The first-order valence-corrected chi connectivity index (χ1v) is 8.05. The average Bonchev–Trinajstić information content (AvgIpc) is 3.06. The van der Waals surface area contributed by atoms with Crippen LogP contribution in [0, 0.1) is 0 Å². The van der Waals surface area contributed by atoms with E-state index in [0.717, 1.165) is 0 Å². The molecule has 1 aromatic rings. The Kier molecular flexibility index (Phi) is 5.74. The van der Waals surface area contributed by atoms with Gasteiger partial charge in [0.15, 0.2) is 6.04 Å². The number of para-hydroxylation sites is 1. The van der Waals surface area contributed by atoms with E-state index in [1.807, 2.05) is 13.0 Å². The number of hydrazone groups is 1. The highest BCUT2D eigenvalue weighted by Gasteiger charge is 2.36. The molecule has 0 fully saturated rings. The molecule has 0 bridgehead atoms. The van der Waals surface area contributed by atoms with Gasteiger partial charge in [0.05, 0.1) is 5.69 Å². The van der Waals surface area contributed by atoms with Crippen LogP contribution in [-0.2, 0) is 14.4 Å². The molecular weight excluding hydrogens is 324 g/mol. The Morgan fingerprint density at radius 3 is 2.56 bits per heavy atom. The van der Waals surface area contributed by atoms with Gasteiger partial charge in [0.25, 0.3) is 5.91 Å². The SMILES string of the molecule is CCN(C)C(=O)C(C)NC(=O)C1=NN(c2ccccc2)C(C(=O)O)C1. The molecular formula is C17H22N4O4. The van der Waals surface area contributed by atoms with Crippen LogP contribution in [0.3, 0.4) is 0 Å². The summed E-state index contributed by atoms with van der Waals surface area (Å²) in [5.74, 6) is -1.82. The molecule has 0 spiro atoms. The third-order valence-electron chi connectivity index (χ3n) is 4.05. The van der Waals surface area contributed by atoms with Gasteiger partial charge >= 0.3 is 5.97 Å². The second-order valence-corrected chi connectivity index (χ2v) is 5.83. The fourth-order valence-corrected chi connectivity index (χ4v) is 2.49. The Labute approximate surface area is 146 Å². The first-order chi connectivity index (χ1) is 11.8. The molecule has 0 aliphatic carbocycles. The molecule has 1 aromatic carbocycles. The number of carbonyl (C=O) groups excluding carboxylic acids is 2. The number of amides is 2. The van der Waals surface area contributed by atoms with E-state index in [9.17, 15) is 19.5 Å². The molecule has 8 nitrogen and oxygen atoms in total. The lowest BCUT2D eigenvalue weighted by Gasteiger charge is -2.20. The van der Waals surface area contributed by atoms with Gasteiger partial charge in [0.1, 0.15) is 11.8 Å². The molecule has 134 valence electrons. The summed E-state index contributed by atoms with van der Waals surface area (Å²) in [6.07, 6.45) is -0.0272. The first kappa shape index (κ1) is 18.4. The fraction of sp³-hybridized carbons (Fsp3) is 0.412. The van der Waals surface area contributed by atoms with Crippen molar-refractivity contribution >= 4 is 29.2 Å². The highest BCUT2D eigenvalue weighted by Crippen LogP contribution is 2.24. The van der Waals surface area contributed by atoms with Crippen LogP contribution in [0.15, 0.2) is 35.4 Å². The zero-order valence-electron chi connectivity index (χ0n) is 14.5. The molecule has 1 heterocycles. The second kappa shape index (κ2) is 7.78. The van der Waals surface area contributed by atoms with Gasteiger partial charge < -0.3 is 15.3 Å². The molecule has 0 saturated heterocycles. The van der Waals surface area contributed by atoms with Crippen molar-refractivity contribution in [1.29, 1.82) is 0 Å². The van der Waals surface area contributed by atoms with Gasteiger partial charge in [-0.2, -0.15) is 5.10 Å². The third-order valence-corrected chi connectivity index (χ3v) is 4.05. The minimum Gasteiger partial charge on any atom is -0.480 e. The van der Waals surface area contributed by atoms with Gasteiger partial charge in [-0.15, -0.1) is 0 Å². The summed E-state index contributed by atoms with van der Waals surface area (Å²) in [4.78, 5) is 37.4. The number of nitrogens with one attached hydrogen (secondary N) is 1. The smallest absolute Gasteiger partial charge is 0.328 e. The lowest BCUT2D eigenvalue weighted by Crippen LogP contribution is -2.47. The number of hydrogen-bond acceptors (Lipinski definition) is 5. The van der Waals surface area contributed by atoms with Crippen LogP contribution in [0.4, 0.5) is 5.69 Å². The van der Waals surface area contributed by atoms with E-state index in [1.165, 1.54) is 9.91 Å². The number of carboxylic acid groups (broad SMARTS) is 1. The molecule has 2 unspecified atom stereocenters. The number of likely N-dealkylation sites (N-methyl/N-ethyl adjacent to an activating group) is 1. The van der Waals surface area contributed by atoms with Crippen molar-refractivity contribution in [3.8, 4) is 0 Å². The number of carboxylic acids is 1. The van der Waals surface area contributed by atoms with Crippen molar-refractivity contribution in [2.75, 3.05) is 18.6 Å². The van der Waals surface area contributed by atoms with Gasteiger partial charge in [-0.3, -0.25) is 14.6 Å². The number of benzene rings is 1. The lowest BCUT2D eigenvalue weighted by molar-refractivity contribution is -0.138. The van der Waals surface area contributed by atoms with Gasteiger partial charge in [-0.25, -0.2) is 4.79 Å². The van der Waals surface area contributed by atoms with Crippen LogP contribution in [-0.4, -0.2) is 59.2 Å². The van der Waals surface area contributed by atoms with Gasteiger partial charge in [0, 0.05) is 20.0 Å². The van der Waals surface area contributed by atoms with Crippen LogP contribution < -0.4 is 10.3 Å². The van der Waals surface area contributed by atoms with E-state index < -0.39 is 24.0 Å². The minimum atomic E-state index is -1.06. The van der Waals surface area contributed by atoms with Crippen LogP contribution in [0.5, 0.6) is 0 Å². The molecule has 1 aliphatic rings. The summed E-state index contributed by atoms with van der Waals surface area (Å²) in [6.45, 7) is 3.96. The second-order valence-electron chi connectivity index (χ2n) is 5.83. The number of anilines is 1. The normalized spacial score (nSPS) is 17.6. The first-order valence-electron chi connectivity index (χ1n) is 8.05. The molecule has 0 radical (unpaired) electrons. The Morgan fingerprint density at radius 1 is 1.36 bits per heavy atom. The number of nitrogens with zero attached hydrogens (tertiary/aromatic N) is 3. The van der Waals surface area contributed by atoms with E-state index >= 15 is 0 Å². The van der Waals surface area contributed by atoms with Crippen LogP contribution >= 0.6 is 0 Å². The molecule has 2 amide bonds. The summed E-state index contributed by atoms with van der Waals surface area (Å²) in [7, 11) is 1.65. The standard InChI is InChI=1S/C17H22N4O4/c1-4-20(3)16(23)11(2)18-15(22)13-10-14(17(24)25)21(19-13)12-8-6-5-7-9-12/h5-9,11,14H,4,10H2,1-3H3,(H,18,22)(H,24,25). The highest BCUT2D eigenvalue weighted by molar-refractivity contribution is 6.40. The third kappa shape index (κ3) is 4.14. The van der Waals surface area contributed by atoms with Crippen molar-refractivity contribution in [3.05, 3.63) is 30.3 Å². The molecule has 0 saturated carbocycles. The van der Waals surface area contributed by atoms with Crippen molar-refractivity contribution in [2.45, 2.75) is 32.4 Å². The number of aliphatic carboxylic acids is 1. The summed E-state index contributed by atoms with van der Waals surface area (Å²) >= 11 is 0. The van der Waals surface area contributed by atoms with Crippen molar-refractivity contribution < 1.29 is 19.5 Å². The van der Waals surface area contributed by atoms with E-state index in [0.29, 0.717) is 12.2 Å². The Bertz CT molecular complexity index is 689. The minimum absolute atomic E-state index is 0.0272. The van der Waals surface area contributed by atoms with E-state index in [2.05, 4.69) is 10.4 Å². The topological polar surface area (TPSA) is 102 Å². The Hall–Kier alpha value is -2.90. The number of carbonyl (C=O) groups is 3. The monoisotopic (exact) mass is 346 g/mol. The number of hydrogen-bond donors (Lipinski definition) is 2. The fourth-order valence-electron chi connectivity index (χ4n) is 2.49. The molecule has 2 N–H and O–H groups in total.